The monoisotopic (exact) mass is 164 g/mol. The quantitative estimate of drug-likeness (QED) is 0.693. The molecule has 4 N–H and O–H groups in total. The van der Waals surface area contributed by atoms with Crippen LogP contribution in [0, 0.1) is 6.92 Å². The fraction of sp³-hybridized carbons (Fsp3) is 0.400. The lowest BCUT2D eigenvalue weighted by molar-refractivity contribution is 0.589. The molecular weight excluding hydrogens is 148 g/mol. The molecule has 12 heavy (non-hydrogen) atoms. The predicted octanol–water partition coefficient (Wildman–Crippen LogP) is 1.34. The summed E-state index contributed by atoms with van der Waals surface area (Å²) in [6.45, 7) is 3.98. The van der Waals surface area contributed by atoms with E-state index < -0.39 is 0 Å². The lowest BCUT2D eigenvalue weighted by atomic mass is 10.0. The van der Waals surface area contributed by atoms with Crippen molar-refractivity contribution < 1.29 is 0 Å². The van der Waals surface area contributed by atoms with Crippen molar-refractivity contribution in [1.82, 2.24) is 0 Å². The van der Waals surface area contributed by atoms with Gasteiger partial charge in [-0.05, 0) is 19.4 Å². The van der Waals surface area contributed by atoms with Crippen LogP contribution in [-0.2, 0) is 0 Å². The molecule has 0 bridgehead atoms. The molecule has 0 saturated carbocycles. The Morgan fingerprint density at radius 2 is 1.58 bits per heavy atom. The summed E-state index contributed by atoms with van der Waals surface area (Å²) in [6, 6.07) is 8.13. The molecule has 66 valence electrons. The van der Waals surface area contributed by atoms with Gasteiger partial charge in [0.25, 0.3) is 0 Å². The SMILES string of the molecule is Cc1ccc(C(N)C(C)N)cc1. The molecule has 2 unspecified atom stereocenters. The van der Waals surface area contributed by atoms with Crippen molar-refractivity contribution in [3.63, 3.8) is 0 Å². The fourth-order valence-electron chi connectivity index (χ4n) is 1.09. The Labute approximate surface area is 73.6 Å². The van der Waals surface area contributed by atoms with Gasteiger partial charge in [-0.25, -0.2) is 0 Å². The molecule has 0 aliphatic rings. The van der Waals surface area contributed by atoms with Crippen LogP contribution in [-0.4, -0.2) is 6.04 Å². The van der Waals surface area contributed by atoms with Crippen LogP contribution in [0.3, 0.4) is 0 Å². The highest BCUT2D eigenvalue weighted by Gasteiger charge is 2.09. The van der Waals surface area contributed by atoms with Gasteiger partial charge in [-0.15, -0.1) is 0 Å². The minimum absolute atomic E-state index is 0.00714. The number of aryl methyl sites for hydroxylation is 1. The maximum Gasteiger partial charge on any atom is 0.0445 e. The first-order valence-corrected chi connectivity index (χ1v) is 4.19. The molecule has 1 aromatic rings. The average molecular weight is 164 g/mol. The van der Waals surface area contributed by atoms with Crippen LogP contribution in [0.1, 0.15) is 24.1 Å². The van der Waals surface area contributed by atoms with Gasteiger partial charge in [0.2, 0.25) is 0 Å². The molecule has 0 fully saturated rings. The molecule has 0 radical (unpaired) electrons. The zero-order chi connectivity index (χ0) is 9.14. The maximum atomic E-state index is 5.86. The Bertz CT molecular complexity index is 239. The summed E-state index contributed by atoms with van der Waals surface area (Å²) in [5.74, 6) is 0. The van der Waals surface area contributed by atoms with Crippen molar-refractivity contribution in [3.05, 3.63) is 35.4 Å². The van der Waals surface area contributed by atoms with E-state index in [2.05, 4.69) is 19.1 Å². The fourth-order valence-corrected chi connectivity index (χ4v) is 1.09. The Hall–Kier alpha value is -0.860. The predicted molar refractivity (Wildman–Crippen MR) is 51.8 cm³/mol. The molecule has 0 spiro atoms. The second-order valence-corrected chi connectivity index (χ2v) is 3.30. The Morgan fingerprint density at radius 1 is 1.08 bits per heavy atom. The first-order chi connectivity index (χ1) is 5.61. The van der Waals surface area contributed by atoms with Gasteiger partial charge in [0, 0.05) is 12.1 Å². The highest BCUT2D eigenvalue weighted by molar-refractivity contribution is 5.24. The van der Waals surface area contributed by atoms with E-state index in [-0.39, 0.29) is 12.1 Å². The van der Waals surface area contributed by atoms with E-state index in [4.69, 9.17) is 11.5 Å². The molecular formula is C10H16N2. The van der Waals surface area contributed by atoms with Crippen LogP contribution >= 0.6 is 0 Å². The highest BCUT2D eigenvalue weighted by Crippen LogP contribution is 2.13. The summed E-state index contributed by atoms with van der Waals surface area (Å²) in [4.78, 5) is 0. The van der Waals surface area contributed by atoms with Crippen LogP contribution in [0.2, 0.25) is 0 Å². The molecule has 0 aromatic heterocycles. The molecule has 0 saturated heterocycles. The van der Waals surface area contributed by atoms with E-state index in [0.29, 0.717) is 0 Å². The Balaban J connectivity index is 2.82. The van der Waals surface area contributed by atoms with Crippen molar-refractivity contribution in [3.8, 4) is 0 Å². The average Bonchev–Trinajstić information content (AvgIpc) is 2.04. The maximum absolute atomic E-state index is 5.86. The van der Waals surface area contributed by atoms with Gasteiger partial charge in [0.05, 0.1) is 0 Å². The third kappa shape index (κ3) is 2.06. The normalized spacial score (nSPS) is 15.7. The third-order valence-electron chi connectivity index (χ3n) is 2.03. The lowest BCUT2D eigenvalue weighted by Gasteiger charge is -2.15. The topological polar surface area (TPSA) is 52.0 Å². The second-order valence-electron chi connectivity index (χ2n) is 3.30. The van der Waals surface area contributed by atoms with Gasteiger partial charge in [0.1, 0.15) is 0 Å². The van der Waals surface area contributed by atoms with Crippen molar-refractivity contribution in [2.75, 3.05) is 0 Å². The van der Waals surface area contributed by atoms with Crippen molar-refractivity contribution in [2.24, 2.45) is 11.5 Å². The molecule has 2 atom stereocenters. The minimum atomic E-state index is -0.0504. The van der Waals surface area contributed by atoms with Crippen molar-refractivity contribution in [1.29, 1.82) is 0 Å². The number of hydrogen-bond donors (Lipinski definition) is 2. The third-order valence-corrected chi connectivity index (χ3v) is 2.03. The summed E-state index contributed by atoms with van der Waals surface area (Å²) in [7, 11) is 0. The summed E-state index contributed by atoms with van der Waals surface area (Å²) in [5.41, 5.74) is 13.9. The standard InChI is InChI=1S/C10H16N2/c1-7-3-5-9(6-4-7)10(12)8(2)11/h3-6,8,10H,11-12H2,1-2H3. The zero-order valence-electron chi connectivity index (χ0n) is 7.62. The van der Waals surface area contributed by atoms with E-state index in [0.717, 1.165) is 5.56 Å². The number of rotatable bonds is 2. The minimum Gasteiger partial charge on any atom is -0.326 e. The van der Waals surface area contributed by atoms with Crippen LogP contribution < -0.4 is 11.5 Å². The van der Waals surface area contributed by atoms with Gasteiger partial charge in [-0.3, -0.25) is 0 Å². The summed E-state index contributed by atoms with van der Waals surface area (Å²) in [5, 5.41) is 0. The summed E-state index contributed by atoms with van der Waals surface area (Å²) < 4.78 is 0. The van der Waals surface area contributed by atoms with E-state index >= 15 is 0 Å². The van der Waals surface area contributed by atoms with E-state index in [1.165, 1.54) is 5.56 Å². The molecule has 0 amide bonds. The molecule has 2 nitrogen and oxygen atoms in total. The van der Waals surface area contributed by atoms with Crippen molar-refractivity contribution in [2.45, 2.75) is 25.9 Å². The van der Waals surface area contributed by atoms with Gasteiger partial charge in [-0.2, -0.15) is 0 Å². The Kier molecular flexibility index (Phi) is 2.84. The largest absolute Gasteiger partial charge is 0.326 e. The van der Waals surface area contributed by atoms with Crippen LogP contribution in [0.25, 0.3) is 0 Å². The molecule has 0 heterocycles. The van der Waals surface area contributed by atoms with E-state index in [1.807, 2.05) is 19.1 Å². The van der Waals surface area contributed by atoms with Gasteiger partial charge >= 0.3 is 0 Å². The van der Waals surface area contributed by atoms with Crippen LogP contribution in [0.4, 0.5) is 0 Å². The number of hydrogen-bond acceptors (Lipinski definition) is 2. The van der Waals surface area contributed by atoms with Crippen LogP contribution in [0.15, 0.2) is 24.3 Å². The molecule has 1 aromatic carbocycles. The molecule has 0 aliphatic heterocycles. The molecule has 2 heteroatoms. The highest BCUT2D eigenvalue weighted by atomic mass is 14.8. The molecule has 0 aliphatic carbocycles. The van der Waals surface area contributed by atoms with Gasteiger partial charge < -0.3 is 11.5 Å². The van der Waals surface area contributed by atoms with Gasteiger partial charge in [0.15, 0.2) is 0 Å². The zero-order valence-corrected chi connectivity index (χ0v) is 7.62. The van der Waals surface area contributed by atoms with Gasteiger partial charge in [-0.1, -0.05) is 29.8 Å². The summed E-state index contributed by atoms with van der Waals surface area (Å²) >= 11 is 0. The second kappa shape index (κ2) is 3.70. The smallest absolute Gasteiger partial charge is 0.0445 e. The Morgan fingerprint density at radius 3 is 2.00 bits per heavy atom. The van der Waals surface area contributed by atoms with E-state index in [1.54, 1.807) is 0 Å². The first-order valence-electron chi connectivity index (χ1n) is 4.19. The van der Waals surface area contributed by atoms with E-state index in [9.17, 15) is 0 Å². The number of benzene rings is 1. The number of nitrogens with two attached hydrogens (primary N) is 2. The summed E-state index contributed by atoms with van der Waals surface area (Å²) in [6.07, 6.45) is 0. The lowest BCUT2D eigenvalue weighted by Crippen LogP contribution is -2.30. The first kappa shape index (κ1) is 9.23. The molecule has 1 rings (SSSR count). The van der Waals surface area contributed by atoms with Crippen LogP contribution in [0.5, 0.6) is 0 Å². The van der Waals surface area contributed by atoms with Crippen molar-refractivity contribution >= 4 is 0 Å².